The number of nitrogens with one attached hydrogen (secondary N) is 1. The monoisotopic (exact) mass is 307 g/mol. The number of alkyl halides is 1. The molecule has 0 aliphatic heterocycles. The van der Waals surface area contributed by atoms with Gasteiger partial charge in [-0.05, 0) is 5.92 Å². The van der Waals surface area contributed by atoms with Gasteiger partial charge >= 0.3 is 0 Å². The molecule has 1 aromatic heterocycles. The maximum Gasteiger partial charge on any atom is 0.109 e. The molecule has 0 saturated heterocycles. The Labute approximate surface area is 113 Å². The zero-order valence-electron chi connectivity index (χ0n) is 11.0. The average Bonchev–Trinajstić information content (AvgIpc) is 2.61. The smallest absolute Gasteiger partial charge is 0.109 e. The van der Waals surface area contributed by atoms with Crippen molar-refractivity contribution in [3.05, 3.63) is 17.2 Å². The predicted octanol–water partition coefficient (Wildman–Crippen LogP) is 3.07. The van der Waals surface area contributed by atoms with Crippen LogP contribution >= 0.6 is 17.0 Å². The van der Waals surface area contributed by atoms with E-state index in [1.54, 1.807) is 0 Å². The second kappa shape index (κ2) is 7.11. The fourth-order valence-electron chi connectivity index (χ4n) is 1.67. The molecule has 0 amide bonds. The van der Waals surface area contributed by atoms with Gasteiger partial charge in [-0.1, -0.05) is 27.7 Å². The lowest BCUT2D eigenvalue weighted by Crippen LogP contribution is -2.25. The zero-order valence-corrected chi connectivity index (χ0v) is 12.7. The van der Waals surface area contributed by atoms with Gasteiger partial charge in [0.25, 0.3) is 0 Å². The number of aromatic amines is 1. The molecule has 0 spiro atoms. The summed E-state index contributed by atoms with van der Waals surface area (Å²) in [6.45, 7) is 7.85. The van der Waals surface area contributed by atoms with E-state index in [4.69, 9.17) is 5.73 Å². The van der Waals surface area contributed by atoms with Gasteiger partial charge in [0.1, 0.15) is 12.5 Å². The second-order valence-corrected chi connectivity index (χ2v) is 4.91. The molecular formula is C12H23BrFN3. The maximum atomic E-state index is 12.4. The Morgan fingerprint density at radius 2 is 1.82 bits per heavy atom. The highest BCUT2D eigenvalue weighted by molar-refractivity contribution is 8.93. The van der Waals surface area contributed by atoms with Crippen LogP contribution in [0.1, 0.15) is 56.7 Å². The molecule has 1 aromatic rings. The summed E-state index contributed by atoms with van der Waals surface area (Å²) in [5.41, 5.74) is 7.65. The summed E-state index contributed by atoms with van der Waals surface area (Å²) in [5, 5.41) is 0. The molecule has 1 rings (SSSR count). The largest absolute Gasteiger partial charge is 0.345 e. The minimum absolute atomic E-state index is 0. The number of nitrogens with zero attached hydrogens (tertiary/aromatic N) is 1. The van der Waals surface area contributed by atoms with E-state index < -0.39 is 12.7 Å². The highest BCUT2D eigenvalue weighted by Gasteiger charge is 2.17. The summed E-state index contributed by atoms with van der Waals surface area (Å²) in [6.07, 6.45) is 0.531. The molecule has 1 heterocycles. The number of hydrogen-bond acceptors (Lipinski definition) is 2. The quantitative estimate of drug-likeness (QED) is 0.878. The molecule has 1 atom stereocenters. The lowest BCUT2D eigenvalue weighted by Gasteiger charge is -2.08. The first kappa shape index (κ1) is 16.6. The number of H-pyrrole nitrogens is 1. The lowest BCUT2D eigenvalue weighted by atomic mass is 10.0. The van der Waals surface area contributed by atoms with E-state index in [1.807, 2.05) is 0 Å². The van der Waals surface area contributed by atoms with Crippen LogP contribution in [0.2, 0.25) is 0 Å². The van der Waals surface area contributed by atoms with E-state index in [0.29, 0.717) is 18.3 Å². The van der Waals surface area contributed by atoms with Gasteiger partial charge in [0, 0.05) is 24.1 Å². The number of halogens is 2. The Morgan fingerprint density at radius 1 is 1.24 bits per heavy atom. The van der Waals surface area contributed by atoms with Crippen LogP contribution in [0, 0.1) is 0 Å². The van der Waals surface area contributed by atoms with Gasteiger partial charge < -0.3 is 10.7 Å². The van der Waals surface area contributed by atoms with Gasteiger partial charge in [-0.25, -0.2) is 9.37 Å². The first-order valence-electron chi connectivity index (χ1n) is 5.85. The van der Waals surface area contributed by atoms with E-state index in [9.17, 15) is 4.39 Å². The summed E-state index contributed by atoms with van der Waals surface area (Å²) in [4.78, 5) is 7.83. The Morgan fingerprint density at radius 3 is 2.24 bits per heavy atom. The molecule has 0 aromatic carbocycles. The van der Waals surface area contributed by atoms with Crippen LogP contribution in [0.15, 0.2) is 0 Å². The Kier molecular flexibility index (Phi) is 6.94. The highest BCUT2D eigenvalue weighted by Crippen LogP contribution is 2.21. The summed E-state index contributed by atoms with van der Waals surface area (Å²) >= 11 is 0. The van der Waals surface area contributed by atoms with Gasteiger partial charge in [-0.2, -0.15) is 0 Å². The van der Waals surface area contributed by atoms with Crippen molar-refractivity contribution in [2.75, 3.05) is 6.67 Å². The molecular weight excluding hydrogens is 285 g/mol. The van der Waals surface area contributed by atoms with Crippen molar-refractivity contribution in [1.82, 2.24) is 9.97 Å². The fraction of sp³-hybridized carbons (Fsp3) is 0.750. The minimum Gasteiger partial charge on any atom is -0.345 e. The van der Waals surface area contributed by atoms with Crippen LogP contribution in [-0.4, -0.2) is 22.7 Å². The first-order chi connectivity index (χ1) is 7.45. The third-order valence-corrected chi connectivity index (χ3v) is 2.59. The molecule has 0 bridgehead atoms. The molecule has 0 aliphatic carbocycles. The lowest BCUT2D eigenvalue weighted by molar-refractivity contribution is 0.424. The van der Waals surface area contributed by atoms with Crippen molar-refractivity contribution in [3.8, 4) is 0 Å². The van der Waals surface area contributed by atoms with Crippen LogP contribution in [0.25, 0.3) is 0 Å². The molecule has 0 aliphatic rings. The van der Waals surface area contributed by atoms with Crippen LogP contribution < -0.4 is 5.73 Å². The van der Waals surface area contributed by atoms with Gasteiger partial charge in [-0.15, -0.1) is 17.0 Å². The summed E-state index contributed by atoms with van der Waals surface area (Å²) in [6, 6.07) is -0.432. The molecule has 1 unspecified atom stereocenters. The SMILES string of the molecule is Br.CC(C)c1nc(C(C)C)c(CC(N)CF)[nH]1. The van der Waals surface area contributed by atoms with Gasteiger partial charge in [0.05, 0.1) is 5.69 Å². The molecule has 3 nitrogen and oxygen atoms in total. The first-order valence-corrected chi connectivity index (χ1v) is 5.85. The van der Waals surface area contributed by atoms with Gasteiger partial charge in [-0.3, -0.25) is 0 Å². The minimum atomic E-state index is -0.492. The molecule has 0 saturated carbocycles. The standard InChI is InChI=1S/C12H22FN3.BrH/c1-7(2)11-10(5-9(14)6-13)15-12(16-11)8(3)4;/h7-9H,5-6,14H2,1-4H3,(H,15,16);1H. The zero-order chi connectivity index (χ0) is 12.3. The normalized spacial score (nSPS) is 12.9. The van der Waals surface area contributed by atoms with Crippen molar-refractivity contribution < 1.29 is 4.39 Å². The van der Waals surface area contributed by atoms with E-state index in [0.717, 1.165) is 17.2 Å². The van der Waals surface area contributed by atoms with Crippen LogP contribution in [-0.2, 0) is 6.42 Å². The van der Waals surface area contributed by atoms with Crippen LogP contribution in [0.4, 0.5) is 4.39 Å². The second-order valence-electron chi connectivity index (χ2n) is 4.91. The molecule has 0 fully saturated rings. The average molecular weight is 308 g/mol. The maximum absolute atomic E-state index is 12.4. The Balaban J connectivity index is 0.00000256. The van der Waals surface area contributed by atoms with Crippen molar-refractivity contribution in [2.45, 2.75) is 52.0 Å². The van der Waals surface area contributed by atoms with E-state index in [1.165, 1.54) is 0 Å². The highest BCUT2D eigenvalue weighted by atomic mass is 79.9. The molecule has 17 heavy (non-hydrogen) atoms. The number of imidazole rings is 1. The van der Waals surface area contributed by atoms with Crippen LogP contribution in [0.3, 0.4) is 0 Å². The van der Waals surface area contributed by atoms with Gasteiger partial charge in [0.15, 0.2) is 0 Å². The van der Waals surface area contributed by atoms with Crippen molar-refractivity contribution in [3.63, 3.8) is 0 Å². The number of aromatic nitrogens is 2. The molecule has 3 N–H and O–H groups in total. The summed E-state index contributed by atoms with van der Waals surface area (Å²) in [7, 11) is 0. The third-order valence-electron chi connectivity index (χ3n) is 2.59. The molecule has 5 heteroatoms. The topological polar surface area (TPSA) is 54.7 Å². The number of hydrogen-bond donors (Lipinski definition) is 2. The Hall–Kier alpha value is -0.420. The summed E-state index contributed by atoms with van der Waals surface area (Å²) in [5.74, 6) is 1.66. The number of nitrogens with two attached hydrogens (primary N) is 1. The van der Waals surface area contributed by atoms with E-state index >= 15 is 0 Å². The van der Waals surface area contributed by atoms with Crippen molar-refractivity contribution in [2.24, 2.45) is 5.73 Å². The fourth-order valence-corrected chi connectivity index (χ4v) is 1.67. The van der Waals surface area contributed by atoms with Crippen molar-refractivity contribution >= 4 is 17.0 Å². The van der Waals surface area contributed by atoms with E-state index in [2.05, 4.69) is 37.7 Å². The van der Waals surface area contributed by atoms with Crippen LogP contribution in [0.5, 0.6) is 0 Å². The van der Waals surface area contributed by atoms with E-state index in [-0.39, 0.29) is 17.0 Å². The van der Waals surface area contributed by atoms with Crippen molar-refractivity contribution in [1.29, 1.82) is 0 Å². The number of rotatable bonds is 5. The third kappa shape index (κ3) is 4.39. The van der Waals surface area contributed by atoms with Gasteiger partial charge in [0.2, 0.25) is 0 Å². The Bertz CT molecular complexity index is 336. The molecule has 100 valence electrons. The molecule has 0 radical (unpaired) electrons. The summed E-state index contributed by atoms with van der Waals surface area (Å²) < 4.78 is 12.4. The predicted molar refractivity (Wildman–Crippen MR) is 74.7 cm³/mol.